The first kappa shape index (κ1) is 25.7. The highest BCUT2D eigenvalue weighted by Crippen LogP contribution is 2.24. The van der Waals surface area contributed by atoms with Gasteiger partial charge in [-0.1, -0.05) is 44.2 Å². The summed E-state index contributed by atoms with van der Waals surface area (Å²) in [6, 6.07) is 10.2. The van der Waals surface area contributed by atoms with Gasteiger partial charge in [0.05, 0.1) is 12.6 Å². The number of halogens is 2. The summed E-state index contributed by atoms with van der Waals surface area (Å²) in [6.45, 7) is 7.70. The molecule has 2 amide bonds. The van der Waals surface area contributed by atoms with Crippen LogP contribution < -0.4 is 16.4 Å². The third kappa shape index (κ3) is 7.66. The Kier molecular flexibility index (Phi) is 11.6. The quantitative estimate of drug-likeness (QED) is 0.630. The van der Waals surface area contributed by atoms with Crippen molar-refractivity contribution in [3.8, 4) is 0 Å². The van der Waals surface area contributed by atoms with Crippen LogP contribution in [0.5, 0.6) is 0 Å². The number of carbonyl (C=O) groups excluding carboxylic acids is 2. The molecule has 0 saturated carbocycles. The standard InChI is InChI=1S/C19H30N4O2.2ClH/c1-13(2)18(20)19(25)21-11-17(24)22-16-9-10-23(12-16)14(3)15-7-5-4-6-8-15;;/h4-8,13-14,16,18H,9-12,20H2,1-3H3,(H,21,25)(H,22,24);2*1H/t14?,16?,18-;;/m0../s1. The third-order valence-corrected chi connectivity index (χ3v) is 4.86. The predicted octanol–water partition coefficient (Wildman–Crippen LogP) is 1.88. The molecule has 27 heavy (non-hydrogen) atoms. The van der Waals surface area contributed by atoms with Gasteiger partial charge in [0.1, 0.15) is 0 Å². The zero-order chi connectivity index (χ0) is 18.4. The second-order valence-electron chi connectivity index (χ2n) is 7.12. The van der Waals surface area contributed by atoms with Crippen molar-refractivity contribution in [2.24, 2.45) is 11.7 Å². The first-order valence-electron chi connectivity index (χ1n) is 9.00. The summed E-state index contributed by atoms with van der Waals surface area (Å²) >= 11 is 0. The molecule has 2 unspecified atom stereocenters. The number of hydrogen-bond acceptors (Lipinski definition) is 4. The molecule has 0 spiro atoms. The highest BCUT2D eigenvalue weighted by molar-refractivity contribution is 5.87. The number of hydrogen-bond donors (Lipinski definition) is 3. The first-order chi connectivity index (χ1) is 11.9. The lowest BCUT2D eigenvalue weighted by Gasteiger charge is -2.24. The Balaban J connectivity index is 0.00000338. The fourth-order valence-corrected chi connectivity index (χ4v) is 3.07. The molecule has 4 N–H and O–H groups in total. The molecule has 1 aliphatic rings. The molecule has 0 radical (unpaired) electrons. The molecule has 8 heteroatoms. The van der Waals surface area contributed by atoms with Gasteiger partial charge in [-0.15, -0.1) is 24.8 Å². The van der Waals surface area contributed by atoms with E-state index in [0.29, 0.717) is 6.04 Å². The third-order valence-electron chi connectivity index (χ3n) is 4.86. The summed E-state index contributed by atoms with van der Waals surface area (Å²) < 4.78 is 0. The van der Waals surface area contributed by atoms with Crippen molar-refractivity contribution in [3.05, 3.63) is 35.9 Å². The molecule has 0 aromatic heterocycles. The minimum absolute atomic E-state index is 0. The van der Waals surface area contributed by atoms with Crippen molar-refractivity contribution in [2.75, 3.05) is 19.6 Å². The van der Waals surface area contributed by atoms with Gasteiger partial charge >= 0.3 is 0 Å². The van der Waals surface area contributed by atoms with E-state index in [2.05, 4.69) is 34.6 Å². The van der Waals surface area contributed by atoms with Gasteiger partial charge in [0, 0.05) is 25.2 Å². The van der Waals surface area contributed by atoms with E-state index in [9.17, 15) is 9.59 Å². The molecule has 1 aromatic carbocycles. The predicted molar refractivity (Wildman–Crippen MR) is 113 cm³/mol. The molecule has 1 saturated heterocycles. The fraction of sp³-hybridized carbons (Fsp3) is 0.579. The number of benzene rings is 1. The number of carbonyl (C=O) groups is 2. The summed E-state index contributed by atoms with van der Waals surface area (Å²) in [6.07, 6.45) is 0.919. The van der Waals surface area contributed by atoms with Gasteiger partial charge in [-0.05, 0) is 24.8 Å². The molecule has 0 aliphatic carbocycles. The number of nitrogens with two attached hydrogens (primary N) is 1. The molecule has 3 atom stereocenters. The Morgan fingerprint density at radius 3 is 2.41 bits per heavy atom. The summed E-state index contributed by atoms with van der Waals surface area (Å²) in [4.78, 5) is 26.2. The summed E-state index contributed by atoms with van der Waals surface area (Å²) in [7, 11) is 0. The van der Waals surface area contributed by atoms with Crippen LogP contribution >= 0.6 is 24.8 Å². The Morgan fingerprint density at radius 1 is 1.19 bits per heavy atom. The van der Waals surface area contributed by atoms with E-state index >= 15 is 0 Å². The molecule has 1 aliphatic heterocycles. The van der Waals surface area contributed by atoms with E-state index in [0.717, 1.165) is 19.5 Å². The van der Waals surface area contributed by atoms with Crippen molar-refractivity contribution in [2.45, 2.75) is 45.3 Å². The van der Waals surface area contributed by atoms with E-state index in [4.69, 9.17) is 5.73 Å². The van der Waals surface area contributed by atoms with Crippen molar-refractivity contribution < 1.29 is 9.59 Å². The maximum Gasteiger partial charge on any atom is 0.239 e. The monoisotopic (exact) mass is 418 g/mol. The van der Waals surface area contributed by atoms with E-state index in [1.54, 1.807) is 0 Å². The van der Waals surface area contributed by atoms with Crippen LogP contribution in [-0.2, 0) is 9.59 Å². The highest BCUT2D eigenvalue weighted by Gasteiger charge is 2.28. The lowest BCUT2D eigenvalue weighted by atomic mass is 10.1. The number of nitrogens with zero attached hydrogens (tertiary/aromatic N) is 1. The summed E-state index contributed by atoms with van der Waals surface area (Å²) in [5.74, 6) is -0.398. The smallest absolute Gasteiger partial charge is 0.239 e. The van der Waals surface area contributed by atoms with E-state index < -0.39 is 6.04 Å². The molecular formula is C19H32Cl2N4O2. The molecule has 6 nitrogen and oxygen atoms in total. The van der Waals surface area contributed by atoms with Crippen LogP contribution in [0.1, 0.15) is 38.8 Å². The van der Waals surface area contributed by atoms with Crippen molar-refractivity contribution in [1.82, 2.24) is 15.5 Å². The van der Waals surface area contributed by atoms with Gasteiger partial charge in [0.2, 0.25) is 11.8 Å². The second-order valence-corrected chi connectivity index (χ2v) is 7.12. The second kappa shape index (κ2) is 12.2. The van der Waals surface area contributed by atoms with Crippen molar-refractivity contribution in [1.29, 1.82) is 0 Å². The minimum Gasteiger partial charge on any atom is -0.350 e. The zero-order valence-corrected chi connectivity index (χ0v) is 17.8. The number of amides is 2. The van der Waals surface area contributed by atoms with Crippen LogP contribution in [0.3, 0.4) is 0 Å². The average molecular weight is 419 g/mol. The van der Waals surface area contributed by atoms with Crippen LogP contribution in [0.4, 0.5) is 0 Å². The molecule has 0 bridgehead atoms. The molecular weight excluding hydrogens is 387 g/mol. The Hall–Kier alpha value is -1.34. The van der Waals surface area contributed by atoms with Gasteiger partial charge in [-0.25, -0.2) is 0 Å². The maximum atomic E-state index is 12.1. The van der Waals surface area contributed by atoms with Crippen LogP contribution in [0, 0.1) is 5.92 Å². The van der Waals surface area contributed by atoms with Gasteiger partial charge in [-0.3, -0.25) is 14.5 Å². The van der Waals surface area contributed by atoms with Crippen LogP contribution in [0.25, 0.3) is 0 Å². The molecule has 1 heterocycles. The molecule has 154 valence electrons. The van der Waals surface area contributed by atoms with Crippen molar-refractivity contribution >= 4 is 36.6 Å². The zero-order valence-electron chi connectivity index (χ0n) is 16.2. The van der Waals surface area contributed by atoms with E-state index in [1.165, 1.54) is 5.56 Å². The normalized spacial score (nSPS) is 18.8. The Bertz CT molecular complexity index is 586. The van der Waals surface area contributed by atoms with E-state index in [-0.39, 0.29) is 55.1 Å². The Labute approximate surface area is 174 Å². The van der Waals surface area contributed by atoms with Crippen LogP contribution in [0.2, 0.25) is 0 Å². The summed E-state index contributed by atoms with van der Waals surface area (Å²) in [5, 5.41) is 5.61. The van der Waals surface area contributed by atoms with Crippen molar-refractivity contribution in [3.63, 3.8) is 0 Å². The topological polar surface area (TPSA) is 87.5 Å². The van der Waals surface area contributed by atoms with Gasteiger partial charge in [-0.2, -0.15) is 0 Å². The maximum absolute atomic E-state index is 12.1. The number of rotatable bonds is 7. The van der Waals surface area contributed by atoms with E-state index in [1.807, 2.05) is 32.0 Å². The number of likely N-dealkylation sites (tertiary alicyclic amines) is 1. The first-order valence-corrected chi connectivity index (χ1v) is 9.00. The van der Waals surface area contributed by atoms with Crippen LogP contribution in [-0.4, -0.2) is 48.4 Å². The van der Waals surface area contributed by atoms with Crippen LogP contribution in [0.15, 0.2) is 30.3 Å². The molecule has 1 fully saturated rings. The highest BCUT2D eigenvalue weighted by atomic mass is 35.5. The number of nitrogens with one attached hydrogen (secondary N) is 2. The lowest BCUT2D eigenvalue weighted by Crippen LogP contribution is -2.48. The Morgan fingerprint density at radius 2 is 1.81 bits per heavy atom. The lowest BCUT2D eigenvalue weighted by molar-refractivity contribution is -0.127. The van der Waals surface area contributed by atoms with Gasteiger partial charge in [0.25, 0.3) is 0 Å². The largest absolute Gasteiger partial charge is 0.350 e. The average Bonchev–Trinajstić information content (AvgIpc) is 3.07. The molecule has 1 aromatic rings. The fourth-order valence-electron chi connectivity index (χ4n) is 3.07. The minimum atomic E-state index is -0.582. The molecule has 2 rings (SSSR count). The van der Waals surface area contributed by atoms with Gasteiger partial charge in [0.15, 0.2) is 0 Å². The van der Waals surface area contributed by atoms with Gasteiger partial charge < -0.3 is 16.4 Å². The summed E-state index contributed by atoms with van der Waals surface area (Å²) in [5.41, 5.74) is 7.05. The SMILES string of the molecule is CC(C)[C@H](N)C(=O)NCC(=O)NC1CCN(C(C)c2ccccc2)C1.Cl.Cl.